The number of aromatic nitrogens is 4. The van der Waals surface area contributed by atoms with Crippen molar-refractivity contribution < 1.29 is 0 Å². The molecule has 6 nitrogen and oxygen atoms in total. The van der Waals surface area contributed by atoms with E-state index in [0.717, 1.165) is 18.7 Å². The van der Waals surface area contributed by atoms with Gasteiger partial charge in [0, 0.05) is 20.6 Å². The van der Waals surface area contributed by atoms with E-state index < -0.39 is 0 Å². The molecule has 0 aromatic carbocycles. The van der Waals surface area contributed by atoms with Gasteiger partial charge in [0.15, 0.2) is 11.2 Å². The fourth-order valence-corrected chi connectivity index (χ4v) is 3.33. The van der Waals surface area contributed by atoms with Crippen molar-refractivity contribution in [3.63, 3.8) is 0 Å². The SMILES string of the molecule is Cc1nc2c(c(=O)n(C)c(=O)n2CC2CCCCC2)n1C. The number of hydrogen-bond acceptors (Lipinski definition) is 3. The summed E-state index contributed by atoms with van der Waals surface area (Å²) in [6.07, 6.45) is 6.06. The summed E-state index contributed by atoms with van der Waals surface area (Å²) in [5.74, 6) is 1.27. The van der Waals surface area contributed by atoms with Crippen LogP contribution in [0.3, 0.4) is 0 Å². The fourth-order valence-electron chi connectivity index (χ4n) is 3.33. The molecule has 3 rings (SSSR count). The number of fused-ring (bicyclic) bond motifs is 1. The highest BCUT2D eigenvalue weighted by Crippen LogP contribution is 2.25. The molecule has 0 radical (unpaired) electrons. The Kier molecular flexibility index (Phi) is 3.47. The summed E-state index contributed by atoms with van der Waals surface area (Å²) in [5, 5.41) is 0. The lowest BCUT2D eigenvalue weighted by Crippen LogP contribution is -2.39. The van der Waals surface area contributed by atoms with E-state index in [2.05, 4.69) is 4.98 Å². The Morgan fingerprint density at radius 3 is 2.43 bits per heavy atom. The van der Waals surface area contributed by atoms with Crippen LogP contribution in [0.1, 0.15) is 37.9 Å². The molecule has 0 N–H and O–H groups in total. The molecule has 2 aromatic rings. The van der Waals surface area contributed by atoms with Crippen LogP contribution >= 0.6 is 0 Å². The van der Waals surface area contributed by atoms with Crippen LogP contribution in [0, 0.1) is 12.8 Å². The average Bonchev–Trinajstić information content (AvgIpc) is 2.78. The second kappa shape index (κ2) is 5.16. The molecular formula is C15H22N4O2. The lowest BCUT2D eigenvalue weighted by atomic mass is 9.89. The smallest absolute Gasteiger partial charge is 0.325 e. The number of hydrogen-bond donors (Lipinski definition) is 0. The Bertz CT molecular complexity index is 791. The van der Waals surface area contributed by atoms with Crippen molar-refractivity contribution >= 4 is 11.2 Å². The first kappa shape index (κ1) is 14.1. The molecule has 114 valence electrons. The molecule has 0 spiro atoms. The van der Waals surface area contributed by atoms with E-state index in [4.69, 9.17) is 0 Å². The number of nitrogens with zero attached hydrogens (tertiary/aromatic N) is 4. The summed E-state index contributed by atoms with van der Waals surface area (Å²) >= 11 is 0. The molecule has 0 atom stereocenters. The first-order valence-electron chi connectivity index (χ1n) is 7.63. The predicted molar refractivity (Wildman–Crippen MR) is 81.5 cm³/mol. The molecule has 2 heterocycles. The van der Waals surface area contributed by atoms with E-state index in [-0.39, 0.29) is 11.2 Å². The van der Waals surface area contributed by atoms with Gasteiger partial charge in [-0.3, -0.25) is 13.9 Å². The minimum absolute atomic E-state index is 0.254. The van der Waals surface area contributed by atoms with Crippen molar-refractivity contribution in [1.29, 1.82) is 0 Å². The maximum absolute atomic E-state index is 12.5. The molecule has 6 heteroatoms. The quantitative estimate of drug-likeness (QED) is 0.838. The van der Waals surface area contributed by atoms with Crippen LogP contribution < -0.4 is 11.2 Å². The lowest BCUT2D eigenvalue weighted by Gasteiger charge is -2.22. The second-order valence-electron chi connectivity index (χ2n) is 6.15. The first-order chi connectivity index (χ1) is 10.0. The molecule has 0 amide bonds. The Morgan fingerprint density at radius 1 is 1.10 bits per heavy atom. The second-order valence-corrected chi connectivity index (χ2v) is 6.15. The zero-order valence-corrected chi connectivity index (χ0v) is 12.9. The third-order valence-electron chi connectivity index (χ3n) is 4.75. The standard InChI is InChI=1S/C15H22N4O2/c1-10-16-13-12(17(10)2)14(20)18(3)15(21)19(13)9-11-7-5-4-6-8-11/h11H,4-9H2,1-3H3. The molecule has 0 saturated heterocycles. The topological polar surface area (TPSA) is 61.8 Å². The molecule has 2 aromatic heterocycles. The summed E-state index contributed by atoms with van der Waals surface area (Å²) in [4.78, 5) is 29.2. The highest BCUT2D eigenvalue weighted by atomic mass is 16.2. The van der Waals surface area contributed by atoms with Gasteiger partial charge in [0.05, 0.1) is 0 Å². The van der Waals surface area contributed by atoms with Gasteiger partial charge in [-0.05, 0) is 25.7 Å². The van der Waals surface area contributed by atoms with Crippen molar-refractivity contribution in [2.24, 2.45) is 20.0 Å². The van der Waals surface area contributed by atoms with Gasteiger partial charge >= 0.3 is 5.69 Å². The minimum atomic E-state index is -0.266. The van der Waals surface area contributed by atoms with Gasteiger partial charge in [-0.15, -0.1) is 0 Å². The Labute approximate surface area is 123 Å². The van der Waals surface area contributed by atoms with Gasteiger partial charge in [0.1, 0.15) is 5.82 Å². The van der Waals surface area contributed by atoms with Gasteiger partial charge in [-0.25, -0.2) is 9.78 Å². The Balaban J connectivity index is 2.19. The number of imidazole rings is 1. The van der Waals surface area contributed by atoms with Gasteiger partial charge in [-0.2, -0.15) is 0 Å². The Hall–Kier alpha value is -1.85. The third-order valence-corrected chi connectivity index (χ3v) is 4.75. The first-order valence-corrected chi connectivity index (χ1v) is 7.63. The molecule has 21 heavy (non-hydrogen) atoms. The molecule has 0 aliphatic heterocycles. The van der Waals surface area contributed by atoms with E-state index in [1.807, 2.05) is 14.0 Å². The van der Waals surface area contributed by atoms with E-state index in [0.29, 0.717) is 23.6 Å². The van der Waals surface area contributed by atoms with Crippen LogP contribution in [0.4, 0.5) is 0 Å². The van der Waals surface area contributed by atoms with Crippen molar-refractivity contribution in [2.45, 2.75) is 45.6 Å². The molecular weight excluding hydrogens is 268 g/mol. The molecule has 0 unspecified atom stereocenters. The molecule has 1 aliphatic rings. The van der Waals surface area contributed by atoms with Crippen LogP contribution in [0.15, 0.2) is 9.59 Å². The van der Waals surface area contributed by atoms with Crippen molar-refractivity contribution in [3.05, 3.63) is 26.7 Å². The molecule has 1 aliphatic carbocycles. The monoisotopic (exact) mass is 290 g/mol. The lowest BCUT2D eigenvalue weighted by molar-refractivity contribution is 0.315. The molecule has 1 saturated carbocycles. The maximum atomic E-state index is 12.5. The van der Waals surface area contributed by atoms with Gasteiger partial charge < -0.3 is 4.57 Å². The third kappa shape index (κ3) is 2.22. The number of aryl methyl sites for hydroxylation is 2. The van der Waals surface area contributed by atoms with E-state index in [1.54, 1.807) is 16.2 Å². The van der Waals surface area contributed by atoms with Crippen LogP contribution in [-0.4, -0.2) is 18.7 Å². The highest BCUT2D eigenvalue weighted by molar-refractivity contribution is 5.70. The summed E-state index contributed by atoms with van der Waals surface area (Å²) in [5.41, 5.74) is 0.535. The fraction of sp³-hybridized carbons (Fsp3) is 0.667. The van der Waals surface area contributed by atoms with Crippen LogP contribution in [0.2, 0.25) is 0 Å². The van der Waals surface area contributed by atoms with E-state index in [9.17, 15) is 9.59 Å². The maximum Gasteiger partial charge on any atom is 0.332 e. The normalized spacial score (nSPS) is 16.7. The zero-order valence-electron chi connectivity index (χ0n) is 12.9. The van der Waals surface area contributed by atoms with Crippen LogP contribution in [0.5, 0.6) is 0 Å². The van der Waals surface area contributed by atoms with E-state index in [1.165, 1.54) is 23.8 Å². The highest BCUT2D eigenvalue weighted by Gasteiger charge is 2.20. The summed E-state index contributed by atoms with van der Waals surface area (Å²) in [6, 6.07) is 0. The minimum Gasteiger partial charge on any atom is -0.325 e. The van der Waals surface area contributed by atoms with Gasteiger partial charge in [0.2, 0.25) is 0 Å². The molecule has 1 fully saturated rings. The van der Waals surface area contributed by atoms with Gasteiger partial charge in [0.25, 0.3) is 5.56 Å². The molecule has 0 bridgehead atoms. The predicted octanol–water partition coefficient (Wildman–Crippen LogP) is 1.32. The summed E-state index contributed by atoms with van der Waals surface area (Å²) in [7, 11) is 3.37. The largest absolute Gasteiger partial charge is 0.332 e. The van der Waals surface area contributed by atoms with Crippen LogP contribution in [0.25, 0.3) is 11.2 Å². The summed E-state index contributed by atoms with van der Waals surface area (Å²) < 4.78 is 4.67. The zero-order chi connectivity index (χ0) is 15.1. The van der Waals surface area contributed by atoms with E-state index >= 15 is 0 Å². The summed E-state index contributed by atoms with van der Waals surface area (Å²) in [6.45, 7) is 2.52. The van der Waals surface area contributed by atoms with Gasteiger partial charge in [-0.1, -0.05) is 19.3 Å². The van der Waals surface area contributed by atoms with Crippen molar-refractivity contribution in [2.75, 3.05) is 0 Å². The van der Waals surface area contributed by atoms with Crippen molar-refractivity contribution in [1.82, 2.24) is 18.7 Å². The average molecular weight is 290 g/mol. The Morgan fingerprint density at radius 2 is 1.76 bits per heavy atom. The number of rotatable bonds is 2. The van der Waals surface area contributed by atoms with Crippen molar-refractivity contribution in [3.8, 4) is 0 Å². The van der Waals surface area contributed by atoms with Crippen LogP contribution in [-0.2, 0) is 20.6 Å².